The molecule has 1 heterocycles. The van der Waals surface area contributed by atoms with Gasteiger partial charge in [0.15, 0.2) is 5.69 Å². The predicted molar refractivity (Wildman–Crippen MR) is 75.7 cm³/mol. The SMILES string of the molecule is CCc1c(NC2CC=CC2)cc(Cl)nc1C(=O)OC. The summed E-state index contributed by atoms with van der Waals surface area (Å²) < 4.78 is 4.76. The summed E-state index contributed by atoms with van der Waals surface area (Å²) in [7, 11) is 1.35. The molecule has 0 aliphatic heterocycles. The van der Waals surface area contributed by atoms with Gasteiger partial charge in [0, 0.05) is 17.3 Å². The number of anilines is 1. The van der Waals surface area contributed by atoms with E-state index in [0.29, 0.717) is 23.3 Å². The quantitative estimate of drug-likeness (QED) is 0.523. The Kier molecular flexibility index (Phi) is 4.43. The van der Waals surface area contributed by atoms with Crippen LogP contribution in [0.15, 0.2) is 18.2 Å². The molecule has 1 aromatic rings. The zero-order valence-corrected chi connectivity index (χ0v) is 11.8. The van der Waals surface area contributed by atoms with Gasteiger partial charge in [-0.2, -0.15) is 0 Å². The first-order valence-electron chi connectivity index (χ1n) is 6.35. The minimum atomic E-state index is -0.452. The summed E-state index contributed by atoms with van der Waals surface area (Å²) in [5.41, 5.74) is 2.02. The Morgan fingerprint density at radius 2 is 2.21 bits per heavy atom. The molecule has 0 fully saturated rings. The molecule has 0 saturated heterocycles. The fourth-order valence-corrected chi connectivity index (χ4v) is 2.44. The number of pyridine rings is 1. The van der Waals surface area contributed by atoms with Crippen LogP contribution < -0.4 is 5.32 Å². The van der Waals surface area contributed by atoms with Crippen molar-refractivity contribution in [1.82, 2.24) is 4.98 Å². The van der Waals surface area contributed by atoms with Gasteiger partial charge in [0.05, 0.1) is 7.11 Å². The van der Waals surface area contributed by atoms with Gasteiger partial charge in [-0.25, -0.2) is 9.78 Å². The third kappa shape index (κ3) is 3.07. The van der Waals surface area contributed by atoms with E-state index < -0.39 is 5.97 Å². The van der Waals surface area contributed by atoms with Crippen molar-refractivity contribution < 1.29 is 9.53 Å². The molecular weight excluding hydrogens is 264 g/mol. The van der Waals surface area contributed by atoms with Gasteiger partial charge in [-0.1, -0.05) is 30.7 Å². The van der Waals surface area contributed by atoms with Crippen molar-refractivity contribution in [1.29, 1.82) is 0 Å². The highest BCUT2D eigenvalue weighted by Crippen LogP contribution is 2.26. The summed E-state index contributed by atoms with van der Waals surface area (Å²) in [6.45, 7) is 1.98. The Bertz CT molecular complexity index is 506. The number of rotatable bonds is 4. The Balaban J connectivity index is 2.35. The lowest BCUT2D eigenvalue weighted by Crippen LogP contribution is -2.18. The molecular formula is C14H17ClN2O2. The van der Waals surface area contributed by atoms with Gasteiger partial charge in [-0.05, 0) is 25.3 Å². The van der Waals surface area contributed by atoms with Gasteiger partial charge in [-0.3, -0.25) is 0 Å². The summed E-state index contributed by atoms with van der Waals surface area (Å²) in [6, 6.07) is 2.12. The van der Waals surface area contributed by atoms with E-state index in [4.69, 9.17) is 16.3 Å². The average Bonchev–Trinajstić information content (AvgIpc) is 2.90. The van der Waals surface area contributed by atoms with Crippen LogP contribution in [0.25, 0.3) is 0 Å². The lowest BCUT2D eigenvalue weighted by atomic mass is 10.1. The molecule has 19 heavy (non-hydrogen) atoms. The van der Waals surface area contributed by atoms with Crippen molar-refractivity contribution in [3.05, 3.63) is 34.6 Å². The van der Waals surface area contributed by atoms with Crippen LogP contribution in [0.5, 0.6) is 0 Å². The lowest BCUT2D eigenvalue weighted by Gasteiger charge is -2.18. The van der Waals surface area contributed by atoms with Gasteiger partial charge >= 0.3 is 5.97 Å². The van der Waals surface area contributed by atoms with Crippen LogP contribution in [0.1, 0.15) is 35.8 Å². The van der Waals surface area contributed by atoms with Crippen LogP contribution in [0.4, 0.5) is 5.69 Å². The first-order chi connectivity index (χ1) is 9.15. The van der Waals surface area contributed by atoms with E-state index in [-0.39, 0.29) is 0 Å². The zero-order valence-electron chi connectivity index (χ0n) is 11.1. The molecule has 0 radical (unpaired) electrons. The molecule has 102 valence electrons. The number of hydrogen-bond donors (Lipinski definition) is 1. The van der Waals surface area contributed by atoms with E-state index >= 15 is 0 Å². The number of carbonyl (C=O) groups excluding carboxylic acids is 1. The summed E-state index contributed by atoms with van der Waals surface area (Å²) in [6.07, 6.45) is 6.95. The Morgan fingerprint density at radius 1 is 1.53 bits per heavy atom. The van der Waals surface area contributed by atoms with Crippen molar-refractivity contribution in [2.75, 3.05) is 12.4 Å². The number of methoxy groups -OCH3 is 1. The van der Waals surface area contributed by atoms with Crippen LogP contribution >= 0.6 is 11.6 Å². The van der Waals surface area contributed by atoms with E-state index in [1.807, 2.05) is 6.92 Å². The van der Waals surface area contributed by atoms with Crippen molar-refractivity contribution in [2.24, 2.45) is 0 Å². The van der Waals surface area contributed by atoms with Crippen LogP contribution in [0.2, 0.25) is 5.15 Å². The van der Waals surface area contributed by atoms with Gasteiger partial charge in [0.1, 0.15) is 5.15 Å². The highest BCUT2D eigenvalue weighted by Gasteiger charge is 2.19. The maximum Gasteiger partial charge on any atom is 0.357 e. The number of carbonyl (C=O) groups is 1. The standard InChI is InChI=1S/C14H17ClN2O2/c1-3-10-11(16-9-6-4-5-7-9)8-12(15)17-13(10)14(18)19-2/h4-5,8-9H,3,6-7H2,1-2H3,(H,16,17). The van der Waals surface area contributed by atoms with Gasteiger partial charge in [0.25, 0.3) is 0 Å². The second-order valence-electron chi connectivity index (χ2n) is 4.45. The van der Waals surface area contributed by atoms with Crippen molar-refractivity contribution >= 4 is 23.3 Å². The van der Waals surface area contributed by atoms with E-state index in [0.717, 1.165) is 24.1 Å². The highest BCUT2D eigenvalue weighted by molar-refractivity contribution is 6.29. The Labute approximate surface area is 117 Å². The molecule has 0 unspecified atom stereocenters. The number of aromatic nitrogens is 1. The van der Waals surface area contributed by atoms with E-state index in [1.165, 1.54) is 7.11 Å². The Hall–Kier alpha value is -1.55. The molecule has 0 saturated carbocycles. The summed E-state index contributed by atoms with van der Waals surface area (Å²) >= 11 is 5.99. The predicted octanol–water partition coefficient (Wildman–Crippen LogP) is 3.21. The van der Waals surface area contributed by atoms with Gasteiger partial charge in [-0.15, -0.1) is 0 Å². The lowest BCUT2D eigenvalue weighted by molar-refractivity contribution is 0.0593. The second-order valence-corrected chi connectivity index (χ2v) is 4.84. The zero-order chi connectivity index (χ0) is 13.8. The molecule has 4 nitrogen and oxygen atoms in total. The Morgan fingerprint density at radius 3 is 2.79 bits per heavy atom. The smallest absolute Gasteiger partial charge is 0.357 e. The minimum absolute atomic E-state index is 0.297. The summed E-state index contributed by atoms with van der Waals surface area (Å²) in [4.78, 5) is 15.8. The fraction of sp³-hybridized carbons (Fsp3) is 0.429. The molecule has 0 bridgehead atoms. The maximum absolute atomic E-state index is 11.8. The number of halogens is 1. The largest absolute Gasteiger partial charge is 0.464 e. The first kappa shape index (κ1) is 13.9. The van der Waals surface area contributed by atoms with Crippen molar-refractivity contribution in [3.63, 3.8) is 0 Å². The van der Waals surface area contributed by atoms with Crippen LogP contribution in [-0.2, 0) is 11.2 Å². The molecule has 1 aliphatic carbocycles. The second kappa shape index (κ2) is 6.06. The fourth-order valence-electron chi connectivity index (χ4n) is 2.25. The number of esters is 1. The molecule has 0 aromatic carbocycles. The maximum atomic E-state index is 11.8. The number of ether oxygens (including phenoxy) is 1. The van der Waals surface area contributed by atoms with Crippen LogP contribution in [0, 0.1) is 0 Å². The molecule has 0 atom stereocenters. The number of nitrogens with one attached hydrogen (secondary N) is 1. The molecule has 5 heteroatoms. The molecule has 2 rings (SSSR count). The first-order valence-corrected chi connectivity index (χ1v) is 6.72. The normalized spacial score (nSPS) is 14.7. The topological polar surface area (TPSA) is 51.2 Å². The highest BCUT2D eigenvalue weighted by atomic mass is 35.5. The van der Waals surface area contributed by atoms with Gasteiger partial charge < -0.3 is 10.1 Å². The van der Waals surface area contributed by atoms with Crippen LogP contribution in [-0.4, -0.2) is 24.1 Å². The molecule has 0 spiro atoms. The monoisotopic (exact) mass is 280 g/mol. The average molecular weight is 281 g/mol. The van der Waals surface area contributed by atoms with Crippen LogP contribution in [0.3, 0.4) is 0 Å². The summed E-state index contributed by atoms with van der Waals surface area (Å²) in [5, 5.41) is 3.72. The summed E-state index contributed by atoms with van der Waals surface area (Å²) in [5.74, 6) is -0.452. The minimum Gasteiger partial charge on any atom is -0.464 e. The molecule has 1 N–H and O–H groups in total. The van der Waals surface area contributed by atoms with Crippen molar-refractivity contribution in [2.45, 2.75) is 32.2 Å². The third-order valence-electron chi connectivity index (χ3n) is 3.19. The van der Waals surface area contributed by atoms with Gasteiger partial charge in [0.2, 0.25) is 0 Å². The van der Waals surface area contributed by atoms with E-state index in [1.54, 1.807) is 6.07 Å². The van der Waals surface area contributed by atoms with E-state index in [2.05, 4.69) is 22.5 Å². The van der Waals surface area contributed by atoms with Crippen molar-refractivity contribution in [3.8, 4) is 0 Å². The molecule has 0 amide bonds. The van der Waals surface area contributed by atoms with E-state index in [9.17, 15) is 4.79 Å². The number of nitrogens with zero attached hydrogens (tertiary/aromatic N) is 1. The molecule has 1 aliphatic rings. The third-order valence-corrected chi connectivity index (χ3v) is 3.39. The number of hydrogen-bond acceptors (Lipinski definition) is 4. The molecule has 1 aromatic heterocycles.